The van der Waals surface area contributed by atoms with E-state index < -0.39 is 0 Å². The third kappa shape index (κ3) is 3.53. The molecule has 0 saturated carbocycles. The Labute approximate surface area is 91.8 Å². The van der Waals surface area contributed by atoms with Crippen LogP contribution in [-0.4, -0.2) is 31.6 Å². The fourth-order valence-electron chi connectivity index (χ4n) is 1.39. The van der Waals surface area contributed by atoms with E-state index in [2.05, 4.69) is 31.0 Å². The fraction of sp³-hybridized carbons (Fsp3) is 0.500. The topological polar surface area (TPSA) is 38.5 Å². The zero-order valence-corrected chi connectivity index (χ0v) is 9.73. The highest BCUT2D eigenvalue weighted by Gasteiger charge is 2.07. The average Bonchev–Trinajstić information content (AvgIpc) is 2.28. The van der Waals surface area contributed by atoms with Gasteiger partial charge in [0.2, 0.25) is 0 Å². The number of likely N-dealkylation sites (N-methyl/N-ethyl adjacent to an activating group) is 1. The summed E-state index contributed by atoms with van der Waals surface area (Å²) in [5, 5.41) is 0. The molecule has 1 aromatic carbocycles. The van der Waals surface area contributed by atoms with Gasteiger partial charge in [0.25, 0.3) is 0 Å². The Kier molecular flexibility index (Phi) is 4.59. The number of hydrogen-bond acceptors (Lipinski definition) is 3. The molecule has 1 rings (SSSR count). The summed E-state index contributed by atoms with van der Waals surface area (Å²) < 4.78 is 5.18. The standard InChI is InChI=1S/C12H20N2O/c1-10(8-13)14(2)9-11-5-4-6-12(7-11)15-3/h4-7,10H,8-9,13H2,1-3H3. The van der Waals surface area contributed by atoms with Crippen LogP contribution < -0.4 is 10.5 Å². The van der Waals surface area contributed by atoms with Crippen molar-refractivity contribution >= 4 is 0 Å². The summed E-state index contributed by atoms with van der Waals surface area (Å²) in [6.07, 6.45) is 0. The van der Waals surface area contributed by atoms with Gasteiger partial charge in [-0.2, -0.15) is 0 Å². The van der Waals surface area contributed by atoms with Gasteiger partial charge in [0, 0.05) is 19.1 Å². The monoisotopic (exact) mass is 208 g/mol. The van der Waals surface area contributed by atoms with E-state index in [4.69, 9.17) is 10.5 Å². The molecule has 0 aliphatic heterocycles. The summed E-state index contributed by atoms with van der Waals surface area (Å²) in [5.74, 6) is 0.904. The van der Waals surface area contributed by atoms with Crippen LogP contribution in [-0.2, 0) is 6.54 Å². The van der Waals surface area contributed by atoms with Crippen molar-refractivity contribution < 1.29 is 4.74 Å². The van der Waals surface area contributed by atoms with Crippen LogP contribution >= 0.6 is 0 Å². The minimum absolute atomic E-state index is 0.399. The summed E-state index contributed by atoms with van der Waals surface area (Å²) in [5.41, 5.74) is 6.86. The highest BCUT2D eigenvalue weighted by atomic mass is 16.5. The zero-order valence-electron chi connectivity index (χ0n) is 9.73. The van der Waals surface area contributed by atoms with E-state index in [1.54, 1.807) is 7.11 Å². The van der Waals surface area contributed by atoms with E-state index in [-0.39, 0.29) is 0 Å². The summed E-state index contributed by atoms with van der Waals surface area (Å²) >= 11 is 0. The molecule has 1 aromatic rings. The third-order valence-electron chi connectivity index (χ3n) is 2.66. The lowest BCUT2D eigenvalue weighted by Gasteiger charge is -2.23. The Bertz CT molecular complexity index is 301. The maximum Gasteiger partial charge on any atom is 0.119 e. The average molecular weight is 208 g/mol. The number of nitrogens with zero attached hydrogens (tertiary/aromatic N) is 1. The van der Waals surface area contributed by atoms with Crippen LogP contribution in [0.25, 0.3) is 0 Å². The van der Waals surface area contributed by atoms with Crippen molar-refractivity contribution in [2.45, 2.75) is 19.5 Å². The molecule has 0 aliphatic carbocycles. The summed E-state index contributed by atoms with van der Waals surface area (Å²) in [6, 6.07) is 8.52. The van der Waals surface area contributed by atoms with Gasteiger partial charge in [0.05, 0.1) is 7.11 Å². The molecule has 0 aliphatic rings. The predicted octanol–water partition coefficient (Wildman–Crippen LogP) is 1.47. The van der Waals surface area contributed by atoms with Gasteiger partial charge in [-0.1, -0.05) is 12.1 Å². The summed E-state index contributed by atoms with van der Waals surface area (Å²) in [6.45, 7) is 3.70. The molecule has 84 valence electrons. The molecule has 1 unspecified atom stereocenters. The van der Waals surface area contributed by atoms with Gasteiger partial charge in [-0.3, -0.25) is 4.90 Å². The maximum atomic E-state index is 5.62. The fourth-order valence-corrected chi connectivity index (χ4v) is 1.39. The Hall–Kier alpha value is -1.06. The van der Waals surface area contributed by atoms with Gasteiger partial charge in [0.1, 0.15) is 5.75 Å². The van der Waals surface area contributed by atoms with Gasteiger partial charge in [-0.05, 0) is 31.7 Å². The van der Waals surface area contributed by atoms with Crippen molar-refractivity contribution in [3.8, 4) is 5.75 Å². The van der Waals surface area contributed by atoms with Crippen molar-refractivity contribution in [3.05, 3.63) is 29.8 Å². The number of ether oxygens (including phenoxy) is 1. The van der Waals surface area contributed by atoms with Gasteiger partial charge in [-0.15, -0.1) is 0 Å². The first-order valence-electron chi connectivity index (χ1n) is 5.20. The van der Waals surface area contributed by atoms with Crippen LogP contribution in [0.1, 0.15) is 12.5 Å². The molecule has 3 nitrogen and oxygen atoms in total. The van der Waals surface area contributed by atoms with Crippen LogP contribution in [0.4, 0.5) is 0 Å². The minimum atomic E-state index is 0.399. The second-order valence-electron chi connectivity index (χ2n) is 3.85. The number of methoxy groups -OCH3 is 1. The Morgan fingerprint density at radius 2 is 2.20 bits per heavy atom. The van der Waals surface area contributed by atoms with Crippen LogP contribution in [0.15, 0.2) is 24.3 Å². The minimum Gasteiger partial charge on any atom is -0.497 e. The molecule has 0 saturated heterocycles. The van der Waals surface area contributed by atoms with Crippen molar-refractivity contribution in [2.75, 3.05) is 20.7 Å². The van der Waals surface area contributed by atoms with Crippen molar-refractivity contribution in [2.24, 2.45) is 5.73 Å². The number of nitrogens with two attached hydrogens (primary N) is 1. The Morgan fingerprint density at radius 1 is 1.47 bits per heavy atom. The molecule has 1 atom stereocenters. The molecule has 3 heteroatoms. The summed E-state index contributed by atoms with van der Waals surface area (Å²) in [4.78, 5) is 2.23. The normalized spacial score (nSPS) is 12.9. The first-order chi connectivity index (χ1) is 7.17. The number of benzene rings is 1. The summed E-state index contributed by atoms with van der Waals surface area (Å²) in [7, 11) is 3.77. The van der Waals surface area contributed by atoms with E-state index in [1.807, 2.05) is 12.1 Å². The van der Waals surface area contributed by atoms with Crippen LogP contribution in [0.5, 0.6) is 5.75 Å². The highest BCUT2D eigenvalue weighted by molar-refractivity contribution is 5.28. The molecule has 0 amide bonds. The number of rotatable bonds is 5. The van der Waals surface area contributed by atoms with E-state index in [0.717, 1.165) is 12.3 Å². The third-order valence-corrected chi connectivity index (χ3v) is 2.66. The van der Waals surface area contributed by atoms with Crippen molar-refractivity contribution in [1.29, 1.82) is 0 Å². The molecule has 0 fully saturated rings. The molecule has 0 heterocycles. The molecule has 15 heavy (non-hydrogen) atoms. The maximum absolute atomic E-state index is 5.62. The Morgan fingerprint density at radius 3 is 2.80 bits per heavy atom. The van der Waals surface area contributed by atoms with E-state index in [0.29, 0.717) is 12.6 Å². The molecule has 0 spiro atoms. The lowest BCUT2D eigenvalue weighted by molar-refractivity contribution is 0.254. The molecule has 0 bridgehead atoms. The van der Waals surface area contributed by atoms with Gasteiger partial charge < -0.3 is 10.5 Å². The predicted molar refractivity (Wildman–Crippen MR) is 63.0 cm³/mol. The largest absolute Gasteiger partial charge is 0.497 e. The first-order valence-corrected chi connectivity index (χ1v) is 5.20. The lowest BCUT2D eigenvalue weighted by Crippen LogP contribution is -2.34. The SMILES string of the molecule is COc1cccc(CN(C)C(C)CN)c1. The smallest absolute Gasteiger partial charge is 0.119 e. The first kappa shape index (κ1) is 12.0. The molecule has 0 aromatic heterocycles. The van der Waals surface area contributed by atoms with E-state index >= 15 is 0 Å². The second kappa shape index (κ2) is 5.73. The molecule has 2 N–H and O–H groups in total. The lowest BCUT2D eigenvalue weighted by atomic mass is 10.2. The molecule has 0 radical (unpaired) electrons. The van der Waals surface area contributed by atoms with Gasteiger partial charge in [0.15, 0.2) is 0 Å². The second-order valence-corrected chi connectivity index (χ2v) is 3.85. The van der Waals surface area contributed by atoms with Crippen molar-refractivity contribution in [1.82, 2.24) is 4.90 Å². The van der Waals surface area contributed by atoms with Crippen LogP contribution in [0.3, 0.4) is 0 Å². The van der Waals surface area contributed by atoms with E-state index in [9.17, 15) is 0 Å². The van der Waals surface area contributed by atoms with Crippen LogP contribution in [0.2, 0.25) is 0 Å². The van der Waals surface area contributed by atoms with Crippen molar-refractivity contribution in [3.63, 3.8) is 0 Å². The molecular formula is C12H20N2O. The highest BCUT2D eigenvalue weighted by Crippen LogP contribution is 2.14. The zero-order chi connectivity index (χ0) is 11.3. The van der Waals surface area contributed by atoms with Gasteiger partial charge in [-0.25, -0.2) is 0 Å². The Balaban J connectivity index is 2.63. The number of hydrogen-bond donors (Lipinski definition) is 1. The van der Waals surface area contributed by atoms with E-state index in [1.165, 1.54) is 5.56 Å². The van der Waals surface area contributed by atoms with Crippen LogP contribution in [0, 0.1) is 0 Å². The quantitative estimate of drug-likeness (QED) is 0.796. The molecular weight excluding hydrogens is 188 g/mol. The van der Waals surface area contributed by atoms with Gasteiger partial charge >= 0.3 is 0 Å².